The van der Waals surface area contributed by atoms with Crippen molar-refractivity contribution in [2.75, 3.05) is 24.5 Å². The van der Waals surface area contributed by atoms with Crippen LogP contribution in [0.5, 0.6) is 5.75 Å². The Balaban J connectivity index is 1.28. The largest absolute Gasteiger partial charge is 0.488 e. The van der Waals surface area contributed by atoms with E-state index in [2.05, 4.69) is 59.8 Å². The summed E-state index contributed by atoms with van der Waals surface area (Å²) in [5.74, 6) is 0.779. The lowest BCUT2D eigenvalue weighted by Crippen LogP contribution is -2.38. The summed E-state index contributed by atoms with van der Waals surface area (Å²) in [6.07, 6.45) is 2.65. The maximum atomic E-state index is 12.5. The van der Waals surface area contributed by atoms with E-state index in [0.717, 1.165) is 73.1 Å². The number of hydrogen-bond donors (Lipinski definition) is 1. The predicted molar refractivity (Wildman–Crippen MR) is 154 cm³/mol. The second-order valence-electron chi connectivity index (χ2n) is 11.5. The third-order valence-electron chi connectivity index (χ3n) is 7.53. The van der Waals surface area contributed by atoms with E-state index in [1.807, 2.05) is 20.8 Å². The molecule has 2 aliphatic rings. The Kier molecular flexibility index (Phi) is 7.78. The van der Waals surface area contributed by atoms with Crippen molar-refractivity contribution in [1.29, 1.82) is 0 Å². The summed E-state index contributed by atoms with van der Waals surface area (Å²) < 4.78 is 12.1. The van der Waals surface area contributed by atoms with Gasteiger partial charge in [-0.05, 0) is 94.3 Å². The molecule has 202 valence electrons. The van der Waals surface area contributed by atoms with E-state index in [-0.39, 0.29) is 11.9 Å². The van der Waals surface area contributed by atoms with Crippen LogP contribution in [-0.4, -0.2) is 36.2 Å². The Bertz CT molecular complexity index is 1300. The van der Waals surface area contributed by atoms with Crippen molar-refractivity contribution in [3.63, 3.8) is 0 Å². The molecule has 38 heavy (non-hydrogen) atoms. The van der Waals surface area contributed by atoms with E-state index in [1.54, 1.807) is 11.3 Å². The zero-order valence-corrected chi connectivity index (χ0v) is 24.0. The molecule has 2 aromatic carbocycles. The fourth-order valence-corrected chi connectivity index (χ4v) is 6.27. The van der Waals surface area contributed by atoms with Crippen molar-refractivity contribution in [3.8, 4) is 17.0 Å². The minimum Gasteiger partial charge on any atom is -0.488 e. The number of hydrogen-bond acceptors (Lipinski definition) is 7. The molecule has 0 aliphatic carbocycles. The number of nitrogens with zero attached hydrogens (tertiary/aromatic N) is 2. The molecule has 0 unspecified atom stereocenters. The van der Waals surface area contributed by atoms with E-state index in [1.165, 1.54) is 22.3 Å². The van der Waals surface area contributed by atoms with Gasteiger partial charge >= 0.3 is 5.97 Å². The molecule has 7 heteroatoms. The molecule has 0 amide bonds. The maximum Gasteiger partial charge on any atom is 0.309 e. The van der Waals surface area contributed by atoms with Crippen molar-refractivity contribution >= 4 is 22.4 Å². The van der Waals surface area contributed by atoms with Crippen LogP contribution in [-0.2, 0) is 29.1 Å². The highest BCUT2D eigenvalue weighted by Crippen LogP contribution is 2.37. The Morgan fingerprint density at radius 3 is 2.71 bits per heavy atom. The number of nitrogens with one attached hydrogen (secondary N) is 1. The number of aromatic nitrogens is 1. The second kappa shape index (κ2) is 11.1. The normalized spacial score (nSPS) is 16.3. The third-order valence-corrected chi connectivity index (χ3v) is 8.43. The number of benzene rings is 2. The van der Waals surface area contributed by atoms with Crippen LogP contribution in [0.2, 0.25) is 0 Å². The number of piperidine rings is 1. The van der Waals surface area contributed by atoms with Crippen molar-refractivity contribution in [2.45, 2.75) is 72.6 Å². The van der Waals surface area contributed by atoms with Crippen LogP contribution in [0.1, 0.15) is 61.4 Å². The summed E-state index contributed by atoms with van der Waals surface area (Å²) in [6, 6.07) is 10.7. The first-order chi connectivity index (χ1) is 18.2. The number of aryl methyl sites for hydroxylation is 1. The molecule has 3 aromatic rings. The molecule has 5 rings (SSSR count). The molecule has 1 saturated heterocycles. The molecular formula is C31H39N3O3S. The number of carbonyl (C=O) groups excluding carboxylic acids is 1. The van der Waals surface area contributed by atoms with Crippen LogP contribution < -0.4 is 15.0 Å². The summed E-state index contributed by atoms with van der Waals surface area (Å²) in [5.41, 5.74) is 8.09. The summed E-state index contributed by atoms with van der Waals surface area (Å²) in [6.45, 7) is 14.2. The lowest BCUT2D eigenvalue weighted by atomic mass is 9.93. The van der Waals surface area contributed by atoms with E-state index < -0.39 is 5.60 Å². The topological polar surface area (TPSA) is 63.7 Å². The minimum atomic E-state index is -0.442. The van der Waals surface area contributed by atoms with Crippen LogP contribution in [0.4, 0.5) is 5.13 Å². The number of para-hydroxylation sites is 1. The highest BCUT2D eigenvalue weighted by atomic mass is 32.1. The molecule has 1 N–H and O–H groups in total. The first kappa shape index (κ1) is 26.7. The van der Waals surface area contributed by atoms with E-state index >= 15 is 0 Å². The minimum absolute atomic E-state index is 0.0370. The van der Waals surface area contributed by atoms with Gasteiger partial charge in [0.05, 0.1) is 11.6 Å². The van der Waals surface area contributed by atoms with Gasteiger partial charge in [-0.2, -0.15) is 0 Å². The maximum absolute atomic E-state index is 12.5. The fourth-order valence-electron chi connectivity index (χ4n) is 5.39. The Morgan fingerprint density at radius 2 is 1.95 bits per heavy atom. The molecule has 3 heterocycles. The van der Waals surface area contributed by atoms with Crippen molar-refractivity contribution in [2.24, 2.45) is 5.92 Å². The standard InChI is InChI=1S/C31H39N3O3S/c1-20-7-6-8-26(28(20)36-18-24-10-9-23-17-32-14-11-25(23)21(24)2)27-19-38-30(33-27)34-15-12-22(13-16-34)29(35)37-31(3,4)5/h6-10,19,22,32H,11-18H2,1-5H3. The summed E-state index contributed by atoms with van der Waals surface area (Å²) in [5, 5.41) is 6.57. The van der Waals surface area contributed by atoms with Gasteiger partial charge in [0.15, 0.2) is 5.13 Å². The van der Waals surface area contributed by atoms with E-state index in [4.69, 9.17) is 14.5 Å². The summed E-state index contributed by atoms with van der Waals surface area (Å²) >= 11 is 1.65. The molecule has 0 radical (unpaired) electrons. The molecule has 0 bridgehead atoms. The highest BCUT2D eigenvalue weighted by molar-refractivity contribution is 7.14. The molecule has 1 aromatic heterocycles. The lowest BCUT2D eigenvalue weighted by Gasteiger charge is -2.32. The summed E-state index contributed by atoms with van der Waals surface area (Å²) in [4.78, 5) is 19.8. The first-order valence-electron chi connectivity index (χ1n) is 13.7. The Hall–Kier alpha value is -2.90. The van der Waals surface area contributed by atoms with Crippen molar-refractivity contribution in [3.05, 3.63) is 63.5 Å². The average molecular weight is 534 g/mol. The number of anilines is 1. The molecule has 0 spiro atoms. The van der Waals surface area contributed by atoms with Gasteiger partial charge in [0.25, 0.3) is 0 Å². The Labute approximate surface area is 230 Å². The smallest absolute Gasteiger partial charge is 0.309 e. The third kappa shape index (κ3) is 5.89. The molecule has 2 aliphatic heterocycles. The van der Waals surface area contributed by atoms with Crippen molar-refractivity contribution < 1.29 is 14.3 Å². The number of rotatable bonds is 6. The second-order valence-corrected chi connectivity index (χ2v) is 12.3. The van der Waals surface area contributed by atoms with Crippen LogP contribution >= 0.6 is 11.3 Å². The number of fused-ring (bicyclic) bond motifs is 1. The number of carbonyl (C=O) groups is 1. The van der Waals surface area contributed by atoms with Crippen LogP contribution in [0, 0.1) is 19.8 Å². The quantitative estimate of drug-likeness (QED) is 0.380. The molecule has 1 fully saturated rings. The van der Waals surface area contributed by atoms with Gasteiger partial charge in [-0.1, -0.05) is 24.3 Å². The number of esters is 1. The first-order valence-corrected chi connectivity index (χ1v) is 14.5. The molecule has 0 saturated carbocycles. The average Bonchev–Trinajstić information content (AvgIpc) is 3.38. The Morgan fingerprint density at radius 1 is 1.16 bits per heavy atom. The van der Waals surface area contributed by atoms with Crippen LogP contribution in [0.3, 0.4) is 0 Å². The van der Waals surface area contributed by atoms with E-state index in [0.29, 0.717) is 6.61 Å². The molecule has 6 nitrogen and oxygen atoms in total. The SMILES string of the molecule is Cc1cccc(-c2csc(N3CCC(C(=O)OC(C)(C)C)CC3)n2)c1OCc1ccc2c(c1C)CCNC2. The fraction of sp³-hybridized carbons (Fsp3) is 0.484. The van der Waals surface area contributed by atoms with Gasteiger partial charge in [-0.25, -0.2) is 4.98 Å². The number of ether oxygens (including phenoxy) is 2. The molecular weight excluding hydrogens is 494 g/mol. The zero-order valence-electron chi connectivity index (χ0n) is 23.2. The van der Waals surface area contributed by atoms with Gasteiger partial charge in [-0.15, -0.1) is 11.3 Å². The van der Waals surface area contributed by atoms with Gasteiger partial charge in [0.1, 0.15) is 18.0 Å². The lowest BCUT2D eigenvalue weighted by molar-refractivity contribution is -0.160. The predicted octanol–water partition coefficient (Wildman–Crippen LogP) is 6.21. The summed E-state index contributed by atoms with van der Waals surface area (Å²) in [7, 11) is 0. The van der Waals surface area contributed by atoms with Crippen LogP contribution in [0.15, 0.2) is 35.7 Å². The van der Waals surface area contributed by atoms with Crippen LogP contribution in [0.25, 0.3) is 11.3 Å². The zero-order chi connectivity index (χ0) is 26.9. The monoisotopic (exact) mass is 533 g/mol. The highest BCUT2D eigenvalue weighted by Gasteiger charge is 2.30. The number of thiazole rings is 1. The van der Waals surface area contributed by atoms with Gasteiger partial charge in [-0.3, -0.25) is 4.79 Å². The van der Waals surface area contributed by atoms with Gasteiger partial charge in [0, 0.05) is 30.6 Å². The molecule has 0 atom stereocenters. The van der Waals surface area contributed by atoms with Gasteiger partial charge < -0.3 is 19.7 Å². The van der Waals surface area contributed by atoms with Gasteiger partial charge in [0.2, 0.25) is 0 Å². The van der Waals surface area contributed by atoms with E-state index in [9.17, 15) is 4.79 Å². The van der Waals surface area contributed by atoms with Crippen molar-refractivity contribution in [1.82, 2.24) is 10.3 Å².